The number of carbonyl (C=O) groups is 1. The van der Waals surface area contributed by atoms with Crippen molar-refractivity contribution in [3.05, 3.63) is 112 Å². The Balaban J connectivity index is 1.46. The number of fused-ring (bicyclic) bond motifs is 3. The molecule has 7 nitrogen and oxygen atoms in total. The highest BCUT2D eigenvalue weighted by molar-refractivity contribution is 5.80. The van der Waals surface area contributed by atoms with Crippen molar-refractivity contribution in [3.63, 3.8) is 0 Å². The topological polar surface area (TPSA) is 81.3 Å². The molecule has 0 saturated carbocycles. The Hall–Kier alpha value is -4.26. The molecule has 1 N–H and O–H groups in total. The Bertz CT molecular complexity index is 1510. The standard InChI is InChI=1S/C27H25N5O2/c1-19(21-12-6-3-7-13-21)28-25(33)17-16-24-29-30-27-31(18-20-10-4-2-5-11-20)26(34)22-14-8-9-15-23(22)32(24)27/h2-15,19H,16-18H2,1H3,(H,28,33). The number of amides is 1. The summed E-state index contributed by atoms with van der Waals surface area (Å²) in [4.78, 5) is 26.0. The summed E-state index contributed by atoms with van der Waals surface area (Å²) in [6.45, 7) is 2.36. The molecule has 0 fully saturated rings. The second-order valence-electron chi connectivity index (χ2n) is 8.35. The summed E-state index contributed by atoms with van der Waals surface area (Å²) in [5, 5.41) is 12.4. The summed E-state index contributed by atoms with van der Waals surface area (Å²) < 4.78 is 3.54. The number of aryl methyl sites for hydroxylation is 1. The molecule has 1 atom stereocenters. The SMILES string of the molecule is CC(NC(=O)CCc1nnc2n(Cc3ccccc3)c(=O)c3ccccc3n12)c1ccccc1. The van der Waals surface area contributed by atoms with Crippen molar-refractivity contribution in [2.75, 3.05) is 0 Å². The molecule has 7 heteroatoms. The molecule has 0 spiro atoms. The number of carbonyl (C=O) groups excluding carboxylic acids is 1. The van der Waals surface area contributed by atoms with Crippen LogP contribution in [0.5, 0.6) is 0 Å². The van der Waals surface area contributed by atoms with Crippen LogP contribution in [0.1, 0.15) is 36.3 Å². The molecule has 34 heavy (non-hydrogen) atoms. The van der Waals surface area contributed by atoms with Crippen LogP contribution in [0.4, 0.5) is 0 Å². The van der Waals surface area contributed by atoms with Crippen molar-refractivity contribution in [2.24, 2.45) is 0 Å². The largest absolute Gasteiger partial charge is 0.350 e. The molecule has 170 valence electrons. The Labute approximate surface area is 196 Å². The fraction of sp³-hybridized carbons (Fsp3) is 0.185. The second kappa shape index (κ2) is 9.31. The van der Waals surface area contributed by atoms with Crippen LogP contribution < -0.4 is 10.9 Å². The maximum absolute atomic E-state index is 13.3. The highest BCUT2D eigenvalue weighted by atomic mass is 16.1. The first kappa shape index (κ1) is 21.6. The van der Waals surface area contributed by atoms with Crippen LogP contribution in [0, 0.1) is 0 Å². The number of aromatic nitrogens is 4. The van der Waals surface area contributed by atoms with E-state index in [0.29, 0.717) is 30.0 Å². The van der Waals surface area contributed by atoms with Gasteiger partial charge in [-0.2, -0.15) is 0 Å². The summed E-state index contributed by atoms with van der Waals surface area (Å²) in [6, 6.07) is 27.0. The van der Waals surface area contributed by atoms with Gasteiger partial charge in [0.25, 0.3) is 5.56 Å². The molecule has 0 radical (unpaired) electrons. The van der Waals surface area contributed by atoms with Crippen molar-refractivity contribution in [3.8, 4) is 0 Å². The van der Waals surface area contributed by atoms with Gasteiger partial charge in [-0.05, 0) is 30.2 Å². The van der Waals surface area contributed by atoms with Crippen LogP contribution in [0.15, 0.2) is 89.7 Å². The number of para-hydroxylation sites is 1. The third-order valence-corrected chi connectivity index (χ3v) is 6.01. The van der Waals surface area contributed by atoms with E-state index in [-0.39, 0.29) is 23.9 Å². The molecule has 1 amide bonds. The van der Waals surface area contributed by atoms with E-state index in [9.17, 15) is 9.59 Å². The Morgan fingerprint density at radius 2 is 1.59 bits per heavy atom. The summed E-state index contributed by atoms with van der Waals surface area (Å²) in [5.41, 5.74) is 2.69. The van der Waals surface area contributed by atoms with Crippen LogP contribution in [-0.4, -0.2) is 25.1 Å². The highest BCUT2D eigenvalue weighted by Crippen LogP contribution is 2.17. The maximum atomic E-state index is 13.3. The molecule has 0 aliphatic heterocycles. The van der Waals surface area contributed by atoms with Gasteiger partial charge in [-0.1, -0.05) is 72.8 Å². The molecule has 1 unspecified atom stereocenters. The lowest BCUT2D eigenvalue weighted by atomic mass is 10.1. The van der Waals surface area contributed by atoms with E-state index in [2.05, 4.69) is 15.5 Å². The number of hydrogen-bond acceptors (Lipinski definition) is 4. The Kier molecular flexibility index (Phi) is 5.91. The van der Waals surface area contributed by atoms with Gasteiger partial charge in [-0.15, -0.1) is 10.2 Å². The minimum absolute atomic E-state index is 0.0602. The molecule has 0 aliphatic carbocycles. The monoisotopic (exact) mass is 451 g/mol. The average Bonchev–Trinajstić information content (AvgIpc) is 3.30. The Morgan fingerprint density at radius 1 is 0.912 bits per heavy atom. The maximum Gasteiger partial charge on any atom is 0.263 e. The number of benzene rings is 3. The van der Waals surface area contributed by atoms with Crippen molar-refractivity contribution >= 4 is 22.6 Å². The molecular weight excluding hydrogens is 426 g/mol. The molecule has 2 heterocycles. The molecule has 3 aromatic carbocycles. The first-order valence-corrected chi connectivity index (χ1v) is 11.4. The predicted molar refractivity (Wildman–Crippen MR) is 132 cm³/mol. The average molecular weight is 452 g/mol. The lowest BCUT2D eigenvalue weighted by Crippen LogP contribution is -2.27. The molecule has 2 aromatic heterocycles. The number of nitrogens with zero attached hydrogens (tertiary/aromatic N) is 4. The van der Waals surface area contributed by atoms with Crippen LogP contribution >= 0.6 is 0 Å². The summed E-state index contributed by atoms with van der Waals surface area (Å²) >= 11 is 0. The normalized spacial score (nSPS) is 12.1. The number of hydrogen-bond donors (Lipinski definition) is 1. The van der Waals surface area contributed by atoms with E-state index >= 15 is 0 Å². The van der Waals surface area contributed by atoms with Gasteiger partial charge in [-0.25, -0.2) is 0 Å². The van der Waals surface area contributed by atoms with E-state index in [1.54, 1.807) is 4.57 Å². The van der Waals surface area contributed by atoms with E-state index in [1.807, 2.05) is 96.3 Å². The van der Waals surface area contributed by atoms with Gasteiger partial charge < -0.3 is 5.32 Å². The Morgan fingerprint density at radius 3 is 2.35 bits per heavy atom. The van der Waals surface area contributed by atoms with Crippen molar-refractivity contribution in [1.29, 1.82) is 0 Å². The van der Waals surface area contributed by atoms with Gasteiger partial charge in [0.2, 0.25) is 11.7 Å². The van der Waals surface area contributed by atoms with Gasteiger partial charge in [0.05, 0.1) is 23.5 Å². The molecule has 0 bridgehead atoms. The van der Waals surface area contributed by atoms with Crippen molar-refractivity contribution < 1.29 is 4.79 Å². The predicted octanol–water partition coefficient (Wildman–Crippen LogP) is 3.90. The summed E-state index contributed by atoms with van der Waals surface area (Å²) in [7, 11) is 0. The minimum Gasteiger partial charge on any atom is -0.350 e. The summed E-state index contributed by atoms with van der Waals surface area (Å²) in [6.07, 6.45) is 0.673. The molecule has 5 aromatic rings. The van der Waals surface area contributed by atoms with Gasteiger partial charge in [0.15, 0.2) is 0 Å². The second-order valence-corrected chi connectivity index (χ2v) is 8.35. The molecule has 0 aliphatic rings. The van der Waals surface area contributed by atoms with E-state index in [0.717, 1.165) is 16.6 Å². The lowest BCUT2D eigenvalue weighted by molar-refractivity contribution is -0.121. The lowest BCUT2D eigenvalue weighted by Gasteiger charge is -2.14. The number of rotatable bonds is 7. The zero-order chi connectivity index (χ0) is 23.5. The fourth-order valence-corrected chi connectivity index (χ4v) is 4.25. The van der Waals surface area contributed by atoms with E-state index in [1.165, 1.54) is 0 Å². The van der Waals surface area contributed by atoms with Crippen molar-refractivity contribution in [1.82, 2.24) is 24.5 Å². The van der Waals surface area contributed by atoms with Gasteiger partial charge in [0.1, 0.15) is 5.82 Å². The quantitative estimate of drug-likeness (QED) is 0.407. The van der Waals surface area contributed by atoms with E-state index in [4.69, 9.17) is 0 Å². The van der Waals surface area contributed by atoms with Gasteiger partial charge in [-0.3, -0.25) is 18.6 Å². The van der Waals surface area contributed by atoms with Crippen LogP contribution in [0.3, 0.4) is 0 Å². The third-order valence-electron chi connectivity index (χ3n) is 6.01. The fourth-order valence-electron chi connectivity index (χ4n) is 4.25. The van der Waals surface area contributed by atoms with E-state index < -0.39 is 0 Å². The first-order valence-electron chi connectivity index (χ1n) is 11.4. The third kappa shape index (κ3) is 4.20. The van der Waals surface area contributed by atoms with Crippen LogP contribution in [0.25, 0.3) is 16.7 Å². The van der Waals surface area contributed by atoms with Crippen molar-refractivity contribution in [2.45, 2.75) is 32.4 Å². The zero-order valence-corrected chi connectivity index (χ0v) is 18.9. The highest BCUT2D eigenvalue weighted by Gasteiger charge is 2.18. The summed E-state index contributed by atoms with van der Waals surface area (Å²) in [5.74, 6) is 1.06. The minimum atomic E-state index is -0.111. The zero-order valence-electron chi connectivity index (χ0n) is 18.9. The first-order chi connectivity index (χ1) is 16.6. The van der Waals surface area contributed by atoms with Crippen LogP contribution in [-0.2, 0) is 17.8 Å². The molecular formula is C27H25N5O2. The molecule has 0 saturated heterocycles. The van der Waals surface area contributed by atoms with Gasteiger partial charge in [0, 0.05) is 12.8 Å². The smallest absolute Gasteiger partial charge is 0.263 e. The van der Waals surface area contributed by atoms with Crippen LogP contribution in [0.2, 0.25) is 0 Å². The molecule has 5 rings (SSSR count). The number of nitrogens with one attached hydrogen (secondary N) is 1. The van der Waals surface area contributed by atoms with Gasteiger partial charge >= 0.3 is 0 Å².